The van der Waals surface area contributed by atoms with E-state index < -0.39 is 0 Å². The minimum atomic E-state index is 0. The van der Waals surface area contributed by atoms with Crippen molar-refractivity contribution >= 4 is 47.4 Å². The molecule has 0 saturated carbocycles. The predicted molar refractivity (Wildman–Crippen MR) is 156 cm³/mol. The Labute approximate surface area is 237 Å². The molecule has 0 radical (unpaired) electrons. The normalized spacial score (nSPS) is 15.8. The van der Waals surface area contributed by atoms with Crippen molar-refractivity contribution in [3.05, 3.63) is 47.3 Å². The largest absolute Gasteiger partial charge is 0.493 e. The Hall–Kier alpha value is -2.52. The van der Waals surface area contributed by atoms with Crippen molar-refractivity contribution in [1.29, 1.82) is 0 Å². The summed E-state index contributed by atoms with van der Waals surface area (Å²) < 4.78 is 13.1. The van der Waals surface area contributed by atoms with Gasteiger partial charge in [-0.15, -0.1) is 24.8 Å². The number of carbonyl (C=O) groups excluding carboxylic acids is 1. The zero-order valence-electron chi connectivity index (χ0n) is 22.5. The van der Waals surface area contributed by atoms with Gasteiger partial charge in [-0.2, -0.15) is 0 Å². The Morgan fingerprint density at radius 2 is 1.66 bits per heavy atom. The molecule has 2 aliphatic heterocycles. The molecule has 0 atom stereocenters. The molecule has 10 heteroatoms. The number of methoxy groups -OCH3 is 2. The molecule has 0 spiro atoms. The molecule has 208 valence electrons. The highest BCUT2D eigenvalue weighted by Gasteiger charge is 2.20. The maximum absolute atomic E-state index is 12.7. The Morgan fingerprint density at radius 1 is 0.947 bits per heavy atom. The number of likely N-dealkylation sites (tertiary alicyclic amines) is 1. The molecule has 1 aromatic heterocycles. The molecule has 1 fully saturated rings. The maximum Gasteiger partial charge on any atom is 0.225 e. The molecule has 1 amide bonds. The van der Waals surface area contributed by atoms with Crippen molar-refractivity contribution in [2.45, 2.75) is 45.2 Å². The Morgan fingerprint density at radius 3 is 2.37 bits per heavy atom. The van der Waals surface area contributed by atoms with Gasteiger partial charge >= 0.3 is 0 Å². The zero-order chi connectivity index (χ0) is 25.1. The van der Waals surface area contributed by atoms with E-state index >= 15 is 0 Å². The van der Waals surface area contributed by atoms with Gasteiger partial charge in [0, 0.05) is 38.8 Å². The first-order valence-corrected chi connectivity index (χ1v) is 13.0. The van der Waals surface area contributed by atoms with E-state index in [-0.39, 0.29) is 30.7 Å². The number of fused-ring (bicyclic) bond motifs is 2. The van der Waals surface area contributed by atoms with E-state index in [0.29, 0.717) is 13.0 Å². The number of imidazole rings is 1. The van der Waals surface area contributed by atoms with Crippen LogP contribution in [0, 0.1) is 0 Å². The van der Waals surface area contributed by atoms with Crippen LogP contribution in [0.2, 0.25) is 0 Å². The van der Waals surface area contributed by atoms with Crippen LogP contribution in [0.4, 0.5) is 5.69 Å². The number of nitrogens with zero attached hydrogens (tertiary/aromatic N) is 4. The Balaban J connectivity index is 0.00000200. The number of carbonyl (C=O) groups is 1. The number of halogens is 2. The molecule has 8 nitrogen and oxygen atoms in total. The van der Waals surface area contributed by atoms with E-state index in [0.717, 1.165) is 73.2 Å². The van der Waals surface area contributed by atoms with Crippen LogP contribution in [0.3, 0.4) is 0 Å². The highest BCUT2D eigenvalue weighted by Crippen LogP contribution is 2.33. The Kier molecular flexibility index (Phi) is 10.7. The van der Waals surface area contributed by atoms with Crippen LogP contribution in [0.15, 0.2) is 30.3 Å². The summed E-state index contributed by atoms with van der Waals surface area (Å²) in [6.45, 7) is 5.62. The fourth-order valence-electron chi connectivity index (χ4n) is 5.40. The first-order valence-electron chi connectivity index (χ1n) is 13.0. The molecule has 2 aliphatic rings. The number of aryl methyl sites for hydroxylation is 1. The third-order valence-corrected chi connectivity index (χ3v) is 7.52. The number of hydrogen-bond acceptors (Lipinski definition) is 6. The summed E-state index contributed by atoms with van der Waals surface area (Å²) >= 11 is 0. The summed E-state index contributed by atoms with van der Waals surface area (Å²) in [5.41, 5.74) is 5.35. The highest BCUT2D eigenvalue weighted by molar-refractivity contribution is 5.93. The lowest BCUT2D eigenvalue weighted by Gasteiger charge is -2.29. The summed E-state index contributed by atoms with van der Waals surface area (Å²) in [5.74, 6) is 2.62. The van der Waals surface area contributed by atoms with Gasteiger partial charge in [0.15, 0.2) is 11.5 Å². The molecule has 2 aromatic carbocycles. The quantitative estimate of drug-likeness (QED) is 0.424. The molecule has 5 rings (SSSR count). The average Bonchev–Trinajstić information content (AvgIpc) is 3.21. The number of nitrogens with one attached hydrogen (secondary N) is 1. The topological polar surface area (TPSA) is 71.9 Å². The summed E-state index contributed by atoms with van der Waals surface area (Å²) in [6.07, 6.45) is 5.26. The van der Waals surface area contributed by atoms with Gasteiger partial charge in [0.1, 0.15) is 5.82 Å². The van der Waals surface area contributed by atoms with Crippen LogP contribution in [0.5, 0.6) is 11.5 Å². The van der Waals surface area contributed by atoms with Crippen molar-refractivity contribution in [3.63, 3.8) is 0 Å². The molecule has 0 unspecified atom stereocenters. The van der Waals surface area contributed by atoms with Crippen molar-refractivity contribution in [2.75, 3.05) is 45.7 Å². The zero-order valence-corrected chi connectivity index (χ0v) is 24.1. The second-order valence-corrected chi connectivity index (χ2v) is 9.93. The standard InChI is InChI=1S/C28H37N5O3.2ClH/c1-31-24-8-7-22(17-23(24)30-27(31)19-32-11-5-4-6-12-32)29-28(34)10-14-33-13-9-20-15-25(35-2)26(36-3)16-21(20)18-33;;/h7-8,15-17H,4-6,9-14,18-19H2,1-3H3,(H,29,34);2*1H. The van der Waals surface area contributed by atoms with Crippen LogP contribution in [-0.4, -0.2) is 65.7 Å². The summed E-state index contributed by atoms with van der Waals surface area (Å²) in [6, 6.07) is 10.2. The van der Waals surface area contributed by atoms with Gasteiger partial charge in [0.05, 0.1) is 31.8 Å². The number of benzene rings is 2. The van der Waals surface area contributed by atoms with Gasteiger partial charge in [0.2, 0.25) is 5.91 Å². The van der Waals surface area contributed by atoms with Crippen molar-refractivity contribution in [1.82, 2.24) is 19.4 Å². The van der Waals surface area contributed by atoms with Crippen molar-refractivity contribution in [2.24, 2.45) is 7.05 Å². The van der Waals surface area contributed by atoms with Crippen LogP contribution < -0.4 is 14.8 Å². The average molecular weight is 565 g/mol. The molecule has 1 N–H and O–H groups in total. The van der Waals surface area contributed by atoms with Crippen molar-refractivity contribution < 1.29 is 14.3 Å². The monoisotopic (exact) mass is 563 g/mol. The number of rotatable bonds is 8. The number of aromatic nitrogens is 2. The van der Waals surface area contributed by atoms with Crippen LogP contribution in [-0.2, 0) is 31.4 Å². The lowest BCUT2D eigenvalue weighted by atomic mass is 9.98. The minimum absolute atomic E-state index is 0. The van der Waals surface area contributed by atoms with Gasteiger partial charge in [0.25, 0.3) is 0 Å². The van der Waals surface area contributed by atoms with E-state index in [9.17, 15) is 4.79 Å². The van der Waals surface area contributed by atoms with Crippen LogP contribution in [0.1, 0.15) is 42.6 Å². The van der Waals surface area contributed by atoms with E-state index in [1.165, 1.54) is 30.4 Å². The third-order valence-electron chi connectivity index (χ3n) is 7.52. The molecule has 0 bridgehead atoms. The molecular formula is C28H39Cl2N5O3. The number of hydrogen-bond donors (Lipinski definition) is 1. The SMILES string of the molecule is COc1cc2c(cc1OC)CN(CCC(=O)Nc1ccc3c(c1)nc(CN1CCCCC1)n3C)CC2.Cl.Cl. The van der Waals surface area contributed by atoms with Gasteiger partial charge < -0.3 is 19.4 Å². The molecule has 3 heterocycles. The third kappa shape index (κ3) is 6.72. The number of anilines is 1. The number of amides is 1. The maximum atomic E-state index is 12.7. The molecular weight excluding hydrogens is 525 g/mol. The summed E-state index contributed by atoms with van der Waals surface area (Å²) in [4.78, 5) is 22.4. The van der Waals surface area contributed by atoms with E-state index in [2.05, 4.69) is 44.9 Å². The van der Waals surface area contributed by atoms with Gasteiger partial charge in [-0.05, 0) is 73.8 Å². The van der Waals surface area contributed by atoms with Gasteiger partial charge in [-0.3, -0.25) is 14.6 Å². The lowest BCUT2D eigenvalue weighted by Crippen LogP contribution is -2.33. The van der Waals surface area contributed by atoms with Crippen LogP contribution >= 0.6 is 24.8 Å². The number of piperidine rings is 1. The van der Waals surface area contributed by atoms with E-state index in [1.807, 2.05) is 12.1 Å². The summed E-state index contributed by atoms with van der Waals surface area (Å²) in [7, 11) is 5.40. The molecule has 3 aromatic rings. The summed E-state index contributed by atoms with van der Waals surface area (Å²) in [5, 5.41) is 3.07. The smallest absolute Gasteiger partial charge is 0.225 e. The fourth-order valence-corrected chi connectivity index (χ4v) is 5.40. The van der Waals surface area contributed by atoms with E-state index in [1.54, 1.807) is 14.2 Å². The predicted octanol–water partition coefficient (Wildman–Crippen LogP) is 4.81. The van der Waals surface area contributed by atoms with Crippen molar-refractivity contribution in [3.8, 4) is 11.5 Å². The highest BCUT2D eigenvalue weighted by atomic mass is 35.5. The lowest BCUT2D eigenvalue weighted by molar-refractivity contribution is -0.116. The first-order chi connectivity index (χ1) is 17.5. The van der Waals surface area contributed by atoms with Gasteiger partial charge in [-0.25, -0.2) is 4.98 Å². The second kappa shape index (κ2) is 13.5. The number of ether oxygens (including phenoxy) is 2. The van der Waals surface area contributed by atoms with E-state index in [4.69, 9.17) is 14.5 Å². The molecule has 38 heavy (non-hydrogen) atoms. The van der Waals surface area contributed by atoms with Gasteiger partial charge in [-0.1, -0.05) is 6.42 Å². The fraction of sp³-hybridized carbons (Fsp3) is 0.500. The Bertz CT molecular complexity index is 1240. The second-order valence-electron chi connectivity index (χ2n) is 9.93. The molecule has 0 aliphatic carbocycles. The van der Waals surface area contributed by atoms with Crippen LogP contribution in [0.25, 0.3) is 11.0 Å². The minimum Gasteiger partial charge on any atom is -0.493 e. The first kappa shape index (κ1) is 30.0. The molecule has 1 saturated heterocycles.